The molecule has 140 valence electrons. The number of halogens is 3. The lowest BCUT2D eigenvalue weighted by Crippen LogP contribution is -2.44. The summed E-state index contributed by atoms with van der Waals surface area (Å²) in [6.07, 6.45) is 0. The SMILES string of the molecule is O=C(CN(CCO)CCN1CCOCC1)Nc1c(Cl)cc(Cl)cc1Cl. The standard InChI is InChI=1S/C16H22Cl3N3O3/c17-12-9-13(18)16(14(19)10-12)20-15(24)11-22(3-6-23)2-1-21-4-7-25-8-5-21/h9-10,23H,1-8,11H2,(H,20,24). The van der Waals surface area contributed by atoms with Gasteiger partial charge in [0.1, 0.15) is 0 Å². The van der Waals surface area contributed by atoms with Gasteiger partial charge in [0.25, 0.3) is 0 Å². The molecule has 1 saturated heterocycles. The molecule has 0 saturated carbocycles. The molecule has 2 rings (SSSR count). The van der Waals surface area contributed by atoms with E-state index < -0.39 is 0 Å². The van der Waals surface area contributed by atoms with Crippen LogP contribution in [0.5, 0.6) is 0 Å². The molecule has 0 bridgehead atoms. The van der Waals surface area contributed by atoms with Crippen molar-refractivity contribution < 1.29 is 14.6 Å². The van der Waals surface area contributed by atoms with Gasteiger partial charge in [0.2, 0.25) is 5.91 Å². The molecule has 1 aromatic rings. The Kier molecular flexibility index (Phi) is 8.72. The lowest BCUT2D eigenvalue weighted by molar-refractivity contribution is -0.117. The highest BCUT2D eigenvalue weighted by atomic mass is 35.5. The summed E-state index contributed by atoms with van der Waals surface area (Å²) in [5, 5.41) is 12.9. The second kappa shape index (κ2) is 10.5. The molecule has 0 spiro atoms. The third-order valence-corrected chi connectivity index (χ3v) is 4.71. The Balaban J connectivity index is 1.88. The van der Waals surface area contributed by atoms with Gasteiger partial charge in [0, 0.05) is 37.7 Å². The van der Waals surface area contributed by atoms with Gasteiger partial charge in [-0.3, -0.25) is 14.6 Å². The number of ether oxygens (including phenoxy) is 1. The lowest BCUT2D eigenvalue weighted by Gasteiger charge is -2.29. The number of nitrogens with zero attached hydrogens (tertiary/aromatic N) is 2. The zero-order valence-corrected chi connectivity index (χ0v) is 16.1. The average molecular weight is 411 g/mol. The van der Waals surface area contributed by atoms with Crippen LogP contribution in [0.25, 0.3) is 0 Å². The maximum atomic E-state index is 12.3. The van der Waals surface area contributed by atoms with E-state index in [-0.39, 0.29) is 29.1 Å². The number of aliphatic hydroxyl groups excluding tert-OH is 1. The van der Waals surface area contributed by atoms with Crippen molar-refractivity contribution in [2.45, 2.75) is 0 Å². The predicted octanol–water partition coefficient (Wildman–Crippen LogP) is 2.21. The Morgan fingerprint density at radius 1 is 1.20 bits per heavy atom. The average Bonchev–Trinajstić information content (AvgIpc) is 2.57. The summed E-state index contributed by atoms with van der Waals surface area (Å²) in [6, 6.07) is 3.04. The first-order valence-electron chi connectivity index (χ1n) is 8.07. The third kappa shape index (κ3) is 6.90. The van der Waals surface area contributed by atoms with Crippen molar-refractivity contribution in [3.05, 3.63) is 27.2 Å². The number of hydrogen-bond donors (Lipinski definition) is 2. The highest BCUT2D eigenvalue weighted by molar-refractivity contribution is 6.42. The molecule has 0 atom stereocenters. The number of rotatable bonds is 8. The Bertz CT molecular complexity index is 560. The minimum atomic E-state index is -0.249. The number of aliphatic hydroxyl groups is 1. The van der Waals surface area contributed by atoms with E-state index in [4.69, 9.17) is 39.5 Å². The minimum Gasteiger partial charge on any atom is -0.395 e. The van der Waals surface area contributed by atoms with Gasteiger partial charge in [-0.25, -0.2) is 0 Å². The second-order valence-electron chi connectivity index (χ2n) is 5.75. The van der Waals surface area contributed by atoms with E-state index in [1.165, 1.54) is 12.1 Å². The zero-order valence-electron chi connectivity index (χ0n) is 13.8. The second-order valence-corrected chi connectivity index (χ2v) is 7.00. The Morgan fingerprint density at radius 3 is 2.44 bits per heavy atom. The molecule has 0 aliphatic carbocycles. The van der Waals surface area contributed by atoms with Crippen LogP contribution >= 0.6 is 34.8 Å². The minimum absolute atomic E-state index is 0.0150. The monoisotopic (exact) mass is 409 g/mol. The fraction of sp³-hybridized carbons (Fsp3) is 0.562. The van der Waals surface area contributed by atoms with Gasteiger partial charge < -0.3 is 15.2 Å². The van der Waals surface area contributed by atoms with Crippen LogP contribution in [-0.2, 0) is 9.53 Å². The lowest BCUT2D eigenvalue weighted by atomic mass is 10.3. The van der Waals surface area contributed by atoms with E-state index in [9.17, 15) is 9.90 Å². The van der Waals surface area contributed by atoms with Crippen LogP contribution in [0.3, 0.4) is 0 Å². The van der Waals surface area contributed by atoms with Crippen molar-refractivity contribution in [3.8, 4) is 0 Å². The molecule has 1 amide bonds. The molecule has 1 aliphatic heterocycles. The van der Waals surface area contributed by atoms with Crippen molar-refractivity contribution in [2.24, 2.45) is 0 Å². The summed E-state index contributed by atoms with van der Waals surface area (Å²) in [4.78, 5) is 16.5. The molecule has 1 aromatic carbocycles. The van der Waals surface area contributed by atoms with Crippen LogP contribution in [-0.4, -0.2) is 79.9 Å². The number of benzene rings is 1. The normalized spacial score (nSPS) is 15.6. The first-order chi connectivity index (χ1) is 12.0. The summed E-state index contributed by atoms with van der Waals surface area (Å²) in [5.41, 5.74) is 0.342. The van der Waals surface area contributed by atoms with E-state index in [1.54, 1.807) is 0 Å². The molecule has 9 heteroatoms. The first kappa shape index (κ1) is 20.7. The first-order valence-corrected chi connectivity index (χ1v) is 9.20. The van der Waals surface area contributed by atoms with Crippen LogP contribution < -0.4 is 5.32 Å². The van der Waals surface area contributed by atoms with Crippen molar-refractivity contribution in [3.63, 3.8) is 0 Å². The van der Waals surface area contributed by atoms with Gasteiger partial charge in [0.15, 0.2) is 0 Å². The fourth-order valence-electron chi connectivity index (χ4n) is 2.56. The molecule has 6 nitrogen and oxygen atoms in total. The molecule has 1 aliphatic rings. The van der Waals surface area contributed by atoms with Crippen LogP contribution in [0.2, 0.25) is 15.1 Å². The van der Waals surface area contributed by atoms with Crippen molar-refractivity contribution in [1.82, 2.24) is 9.80 Å². The highest BCUT2D eigenvalue weighted by Crippen LogP contribution is 2.33. The van der Waals surface area contributed by atoms with Crippen LogP contribution in [0.4, 0.5) is 5.69 Å². The molecule has 0 radical (unpaired) electrons. The number of anilines is 1. The van der Waals surface area contributed by atoms with E-state index in [0.29, 0.717) is 23.8 Å². The predicted molar refractivity (Wildman–Crippen MR) is 101 cm³/mol. The largest absolute Gasteiger partial charge is 0.395 e. The maximum Gasteiger partial charge on any atom is 0.238 e. The van der Waals surface area contributed by atoms with Gasteiger partial charge >= 0.3 is 0 Å². The Hall–Kier alpha value is -0.600. The van der Waals surface area contributed by atoms with Crippen molar-refractivity contribution >= 4 is 46.4 Å². The van der Waals surface area contributed by atoms with Crippen LogP contribution in [0.1, 0.15) is 0 Å². The van der Waals surface area contributed by atoms with E-state index in [1.807, 2.05) is 4.90 Å². The van der Waals surface area contributed by atoms with Gasteiger partial charge in [0.05, 0.1) is 42.1 Å². The molecule has 0 unspecified atom stereocenters. The number of hydrogen-bond acceptors (Lipinski definition) is 5. The Morgan fingerprint density at radius 2 is 1.84 bits per heavy atom. The molecule has 1 heterocycles. The van der Waals surface area contributed by atoms with Crippen molar-refractivity contribution in [1.29, 1.82) is 0 Å². The topological polar surface area (TPSA) is 65.0 Å². The molecular weight excluding hydrogens is 389 g/mol. The number of morpholine rings is 1. The summed E-state index contributed by atoms with van der Waals surface area (Å²) >= 11 is 18.0. The Labute approximate surface area is 162 Å². The zero-order chi connectivity index (χ0) is 18.2. The van der Waals surface area contributed by atoms with E-state index in [0.717, 1.165) is 32.8 Å². The summed E-state index contributed by atoms with van der Waals surface area (Å²) in [5.74, 6) is -0.249. The van der Waals surface area contributed by atoms with E-state index in [2.05, 4.69) is 10.2 Å². The number of carbonyl (C=O) groups excluding carboxylic acids is 1. The van der Waals surface area contributed by atoms with Gasteiger partial charge in [-0.2, -0.15) is 0 Å². The van der Waals surface area contributed by atoms with Crippen molar-refractivity contribution in [2.75, 3.05) is 64.4 Å². The molecule has 0 aromatic heterocycles. The molecular formula is C16H22Cl3N3O3. The molecule has 25 heavy (non-hydrogen) atoms. The summed E-state index contributed by atoms with van der Waals surface area (Å²) < 4.78 is 5.32. The smallest absolute Gasteiger partial charge is 0.238 e. The number of carbonyl (C=O) groups is 1. The summed E-state index contributed by atoms with van der Waals surface area (Å²) in [7, 11) is 0. The molecule has 1 fully saturated rings. The quantitative estimate of drug-likeness (QED) is 0.688. The molecule has 2 N–H and O–H groups in total. The summed E-state index contributed by atoms with van der Waals surface area (Å²) in [6.45, 7) is 5.26. The third-order valence-electron chi connectivity index (χ3n) is 3.89. The van der Waals surface area contributed by atoms with Gasteiger partial charge in [-0.1, -0.05) is 34.8 Å². The fourth-order valence-corrected chi connectivity index (χ4v) is 3.47. The van der Waals surface area contributed by atoms with Gasteiger partial charge in [-0.05, 0) is 12.1 Å². The van der Waals surface area contributed by atoms with E-state index >= 15 is 0 Å². The van der Waals surface area contributed by atoms with Crippen LogP contribution in [0.15, 0.2) is 12.1 Å². The number of amides is 1. The van der Waals surface area contributed by atoms with Gasteiger partial charge in [-0.15, -0.1) is 0 Å². The number of nitrogens with one attached hydrogen (secondary N) is 1. The highest BCUT2D eigenvalue weighted by Gasteiger charge is 2.16. The van der Waals surface area contributed by atoms with Crippen LogP contribution in [0, 0.1) is 0 Å². The maximum absolute atomic E-state index is 12.3.